The average Bonchev–Trinajstić information content (AvgIpc) is 2.10. The molecule has 0 aliphatic rings. The van der Waals surface area contributed by atoms with Crippen molar-refractivity contribution in [2.75, 3.05) is 6.54 Å². The maximum atomic E-state index is 11.9. The SMILES string of the molecule is CC(O)CNC(=O)C(C)C(C)(C)C(C)(C)C. The molecule has 0 rings (SSSR count). The Morgan fingerprint density at radius 3 is 1.94 bits per heavy atom. The van der Waals surface area contributed by atoms with Crippen LogP contribution >= 0.6 is 0 Å². The molecule has 0 aromatic carbocycles. The average molecular weight is 229 g/mol. The Labute approximate surface area is 99.6 Å². The highest BCUT2D eigenvalue weighted by Gasteiger charge is 2.40. The molecule has 0 spiro atoms. The molecule has 0 saturated heterocycles. The first-order valence-electron chi connectivity index (χ1n) is 5.96. The lowest BCUT2D eigenvalue weighted by Crippen LogP contribution is -2.45. The highest BCUT2D eigenvalue weighted by molar-refractivity contribution is 5.79. The maximum Gasteiger partial charge on any atom is 0.223 e. The van der Waals surface area contributed by atoms with Crippen molar-refractivity contribution in [1.29, 1.82) is 0 Å². The number of rotatable bonds is 4. The molecule has 0 radical (unpaired) electrons. The maximum absolute atomic E-state index is 11.9. The lowest BCUT2D eigenvalue weighted by molar-refractivity contribution is -0.131. The van der Waals surface area contributed by atoms with Gasteiger partial charge in [0.15, 0.2) is 0 Å². The van der Waals surface area contributed by atoms with Crippen LogP contribution in [0.15, 0.2) is 0 Å². The highest BCUT2D eigenvalue weighted by Crippen LogP contribution is 2.43. The lowest BCUT2D eigenvalue weighted by Gasteiger charge is -2.43. The van der Waals surface area contributed by atoms with Gasteiger partial charge in [0.2, 0.25) is 5.91 Å². The molecule has 1 amide bonds. The van der Waals surface area contributed by atoms with Crippen LogP contribution in [0.25, 0.3) is 0 Å². The summed E-state index contributed by atoms with van der Waals surface area (Å²) >= 11 is 0. The van der Waals surface area contributed by atoms with Crippen LogP contribution in [-0.4, -0.2) is 23.7 Å². The summed E-state index contributed by atoms with van der Waals surface area (Å²) in [5, 5.41) is 11.9. The van der Waals surface area contributed by atoms with Gasteiger partial charge in [-0.05, 0) is 17.8 Å². The van der Waals surface area contributed by atoms with Gasteiger partial charge in [-0.25, -0.2) is 0 Å². The smallest absolute Gasteiger partial charge is 0.223 e. The van der Waals surface area contributed by atoms with Crippen molar-refractivity contribution < 1.29 is 9.90 Å². The minimum absolute atomic E-state index is 0.0147. The van der Waals surface area contributed by atoms with Crippen LogP contribution in [0.2, 0.25) is 0 Å². The zero-order valence-corrected chi connectivity index (χ0v) is 11.7. The van der Waals surface area contributed by atoms with E-state index in [0.29, 0.717) is 6.54 Å². The number of carbonyl (C=O) groups is 1. The summed E-state index contributed by atoms with van der Waals surface area (Å²) in [6.45, 7) is 14.6. The molecular weight excluding hydrogens is 202 g/mol. The fourth-order valence-electron chi connectivity index (χ4n) is 1.38. The van der Waals surface area contributed by atoms with Gasteiger partial charge < -0.3 is 10.4 Å². The second kappa shape index (κ2) is 5.17. The third-order valence-electron chi connectivity index (χ3n) is 3.98. The van der Waals surface area contributed by atoms with Crippen LogP contribution < -0.4 is 5.32 Å². The second-order valence-corrected chi connectivity index (χ2v) is 6.29. The number of hydrogen-bond acceptors (Lipinski definition) is 2. The van der Waals surface area contributed by atoms with Gasteiger partial charge in [-0.15, -0.1) is 0 Å². The second-order valence-electron chi connectivity index (χ2n) is 6.29. The van der Waals surface area contributed by atoms with Crippen molar-refractivity contribution in [3.63, 3.8) is 0 Å². The Balaban J connectivity index is 4.55. The molecule has 0 aliphatic carbocycles. The lowest BCUT2D eigenvalue weighted by atomic mass is 9.62. The number of hydrogen-bond donors (Lipinski definition) is 2. The van der Waals surface area contributed by atoms with Crippen LogP contribution in [0.4, 0.5) is 0 Å². The van der Waals surface area contributed by atoms with E-state index in [2.05, 4.69) is 39.9 Å². The Bertz CT molecular complexity index is 239. The van der Waals surface area contributed by atoms with Crippen molar-refractivity contribution in [2.24, 2.45) is 16.7 Å². The normalized spacial score (nSPS) is 16.8. The summed E-state index contributed by atoms with van der Waals surface area (Å²) in [5.41, 5.74) is -0.0234. The standard InChI is InChI=1S/C13H27NO2/c1-9(15)8-14-11(16)10(2)13(6,7)12(3,4)5/h9-10,15H,8H2,1-7H3,(H,14,16). The van der Waals surface area contributed by atoms with Gasteiger partial charge in [0, 0.05) is 12.5 Å². The fourth-order valence-corrected chi connectivity index (χ4v) is 1.38. The van der Waals surface area contributed by atoms with E-state index in [4.69, 9.17) is 5.11 Å². The number of carbonyl (C=O) groups excluding carboxylic acids is 1. The van der Waals surface area contributed by atoms with E-state index in [0.717, 1.165) is 0 Å². The van der Waals surface area contributed by atoms with Crippen LogP contribution in [0.1, 0.15) is 48.5 Å². The van der Waals surface area contributed by atoms with E-state index in [1.54, 1.807) is 6.92 Å². The van der Waals surface area contributed by atoms with Crippen LogP contribution in [0.3, 0.4) is 0 Å². The van der Waals surface area contributed by atoms with Crippen molar-refractivity contribution in [2.45, 2.75) is 54.6 Å². The molecule has 0 fully saturated rings. The summed E-state index contributed by atoms with van der Waals surface area (Å²) in [6, 6.07) is 0. The monoisotopic (exact) mass is 229 g/mol. The fraction of sp³-hybridized carbons (Fsp3) is 0.923. The van der Waals surface area contributed by atoms with Gasteiger partial charge in [-0.2, -0.15) is 0 Å². The van der Waals surface area contributed by atoms with Crippen LogP contribution in [-0.2, 0) is 4.79 Å². The van der Waals surface area contributed by atoms with Gasteiger partial charge >= 0.3 is 0 Å². The highest BCUT2D eigenvalue weighted by atomic mass is 16.3. The number of aliphatic hydroxyl groups excluding tert-OH is 1. The van der Waals surface area contributed by atoms with Crippen molar-refractivity contribution >= 4 is 5.91 Å². The molecular formula is C13H27NO2. The van der Waals surface area contributed by atoms with Crippen molar-refractivity contribution in [3.05, 3.63) is 0 Å². The van der Waals surface area contributed by atoms with E-state index in [1.807, 2.05) is 6.92 Å². The molecule has 3 nitrogen and oxygen atoms in total. The quantitative estimate of drug-likeness (QED) is 0.776. The Morgan fingerprint density at radius 1 is 1.19 bits per heavy atom. The van der Waals surface area contributed by atoms with E-state index >= 15 is 0 Å². The van der Waals surface area contributed by atoms with Crippen LogP contribution in [0.5, 0.6) is 0 Å². The van der Waals surface area contributed by atoms with Crippen molar-refractivity contribution in [3.8, 4) is 0 Å². The summed E-state index contributed by atoms with van der Waals surface area (Å²) in [6.07, 6.45) is -0.492. The Morgan fingerprint density at radius 2 is 1.62 bits per heavy atom. The first-order valence-corrected chi connectivity index (χ1v) is 5.96. The van der Waals surface area contributed by atoms with E-state index < -0.39 is 6.10 Å². The topological polar surface area (TPSA) is 49.3 Å². The molecule has 0 aromatic rings. The van der Waals surface area contributed by atoms with E-state index in [1.165, 1.54) is 0 Å². The molecule has 0 heterocycles. The first-order chi connectivity index (χ1) is 7.00. The van der Waals surface area contributed by atoms with Crippen molar-refractivity contribution in [1.82, 2.24) is 5.32 Å². The summed E-state index contributed by atoms with van der Waals surface area (Å²) in [5.74, 6) is -0.0629. The molecule has 0 aromatic heterocycles. The molecule has 3 heteroatoms. The third-order valence-corrected chi connectivity index (χ3v) is 3.98. The number of amides is 1. The molecule has 16 heavy (non-hydrogen) atoms. The van der Waals surface area contributed by atoms with Gasteiger partial charge in [0.1, 0.15) is 0 Å². The van der Waals surface area contributed by atoms with E-state index in [-0.39, 0.29) is 22.7 Å². The molecule has 2 unspecified atom stereocenters. The number of nitrogens with one attached hydrogen (secondary N) is 1. The van der Waals surface area contributed by atoms with Crippen LogP contribution in [0, 0.1) is 16.7 Å². The minimum atomic E-state index is -0.492. The predicted molar refractivity (Wildman–Crippen MR) is 67.1 cm³/mol. The Hall–Kier alpha value is -0.570. The molecule has 0 saturated carbocycles. The minimum Gasteiger partial charge on any atom is -0.392 e. The zero-order chi connectivity index (χ0) is 13.1. The predicted octanol–water partition coefficient (Wildman–Crippen LogP) is 2.19. The third kappa shape index (κ3) is 3.78. The molecule has 96 valence electrons. The van der Waals surface area contributed by atoms with Gasteiger partial charge in [-0.1, -0.05) is 41.5 Å². The Kier molecular flexibility index (Phi) is 4.99. The molecule has 2 atom stereocenters. The summed E-state index contributed by atoms with van der Waals surface area (Å²) < 4.78 is 0. The molecule has 0 bridgehead atoms. The van der Waals surface area contributed by atoms with Gasteiger partial charge in [0.25, 0.3) is 0 Å². The first kappa shape index (κ1) is 15.4. The molecule has 2 N–H and O–H groups in total. The van der Waals surface area contributed by atoms with Gasteiger partial charge in [0.05, 0.1) is 6.10 Å². The molecule has 0 aliphatic heterocycles. The largest absolute Gasteiger partial charge is 0.392 e. The van der Waals surface area contributed by atoms with E-state index in [9.17, 15) is 4.79 Å². The van der Waals surface area contributed by atoms with Gasteiger partial charge in [-0.3, -0.25) is 4.79 Å². The zero-order valence-electron chi connectivity index (χ0n) is 11.7. The summed E-state index contributed by atoms with van der Waals surface area (Å²) in [4.78, 5) is 11.9. The summed E-state index contributed by atoms with van der Waals surface area (Å²) in [7, 11) is 0. The number of aliphatic hydroxyl groups is 1.